The van der Waals surface area contributed by atoms with Crippen LogP contribution in [0.3, 0.4) is 0 Å². The first-order valence-electron chi connectivity index (χ1n) is 14.4. The molecule has 0 radical (unpaired) electrons. The molecule has 204 valence electrons. The summed E-state index contributed by atoms with van der Waals surface area (Å²) in [5.41, 5.74) is 8.76. The summed E-state index contributed by atoms with van der Waals surface area (Å²) in [4.78, 5) is 9.40. The Morgan fingerprint density at radius 1 is 0.395 bits per heavy atom. The molecule has 4 nitrogen and oxygen atoms in total. The van der Waals surface area contributed by atoms with Gasteiger partial charge in [-0.2, -0.15) is 0 Å². The van der Waals surface area contributed by atoms with Crippen LogP contribution in [0.1, 0.15) is 0 Å². The summed E-state index contributed by atoms with van der Waals surface area (Å²) < 4.78 is 6.87. The van der Waals surface area contributed by atoms with E-state index in [0.29, 0.717) is 0 Å². The number of furan rings is 1. The van der Waals surface area contributed by atoms with Gasteiger partial charge in [0.2, 0.25) is 0 Å². The molecule has 0 saturated heterocycles. The number of benzene rings is 6. The number of hydrogen-bond donors (Lipinski definition) is 0. The monoisotopic (exact) mass is 553 g/mol. The van der Waals surface area contributed by atoms with Crippen molar-refractivity contribution in [1.29, 1.82) is 0 Å². The number of nitrogens with zero attached hydrogens (tertiary/aromatic N) is 3. The van der Waals surface area contributed by atoms with Crippen LogP contribution in [0.5, 0.6) is 0 Å². The van der Waals surface area contributed by atoms with E-state index in [4.69, 9.17) is 9.40 Å². The highest BCUT2D eigenvalue weighted by Crippen LogP contribution is 2.47. The highest BCUT2D eigenvalue weighted by atomic mass is 16.3. The van der Waals surface area contributed by atoms with E-state index in [1.165, 1.54) is 0 Å². The van der Waals surface area contributed by atoms with Crippen LogP contribution >= 0.6 is 0 Å². The van der Waals surface area contributed by atoms with Crippen molar-refractivity contribution < 1.29 is 4.42 Å². The highest BCUT2D eigenvalue weighted by Gasteiger charge is 2.24. The molecule has 8 aromatic rings. The zero-order valence-corrected chi connectivity index (χ0v) is 23.3. The minimum atomic E-state index is 0.811. The summed E-state index contributed by atoms with van der Waals surface area (Å²) in [7, 11) is 0. The van der Waals surface area contributed by atoms with Gasteiger partial charge >= 0.3 is 0 Å². The molecule has 2 aromatic heterocycles. The molecule has 0 spiro atoms. The lowest BCUT2D eigenvalue weighted by molar-refractivity contribution is 0.672. The molecule has 0 unspecified atom stereocenters. The number of aromatic nitrogens is 1. The van der Waals surface area contributed by atoms with Crippen molar-refractivity contribution in [3.8, 4) is 0 Å². The highest BCUT2D eigenvalue weighted by molar-refractivity contribution is 6.17. The van der Waals surface area contributed by atoms with Gasteiger partial charge in [-0.1, -0.05) is 84.9 Å². The fourth-order valence-corrected chi connectivity index (χ4v) is 5.90. The molecule has 2 heterocycles. The first-order chi connectivity index (χ1) is 21.3. The maximum Gasteiger partial charge on any atom is 0.159 e. The van der Waals surface area contributed by atoms with Gasteiger partial charge in [-0.15, -0.1) is 0 Å². The summed E-state index contributed by atoms with van der Waals surface area (Å²) in [6, 6.07) is 54.5. The summed E-state index contributed by atoms with van der Waals surface area (Å²) in [5, 5.41) is 2.99. The van der Waals surface area contributed by atoms with Crippen LogP contribution in [0.4, 0.5) is 34.1 Å². The van der Waals surface area contributed by atoms with Gasteiger partial charge in [-0.25, -0.2) is 0 Å². The van der Waals surface area contributed by atoms with Crippen LogP contribution in [0, 0.1) is 0 Å². The topological polar surface area (TPSA) is 32.5 Å². The predicted molar refractivity (Wildman–Crippen MR) is 178 cm³/mol. The summed E-state index contributed by atoms with van der Waals surface area (Å²) in [6.45, 7) is 0. The Labute approximate surface area is 249 Å². The summed E-state index contributed by atoms with van der Waals surface area (Å²) >= 11 is 0. The van der Waals surface area contributed by atoms with Gasteiger partial charge < -0.3 is 14.2 Å². The molecule has 0 bridgehead atoms. The quantitative estimate of drug-likeness (QED) is 0.205. The minimum absolute atomic E-state index is 0.811. The fourth-order valence-electron chi connectivity index (χ4n) is 5.90. The number of para-hydroxylation sites is 5. The third-order valence-electron chi connectivity index (χ3n) is 7.83. The van der Waals surface area contributed by atoms with Gasteiger partial charge in [0.25, 0.3) is 0 Å². The molecular weight excluding hydrogens is 526 g/mol. The lowest BCUT2D eigenvalue weighted by Crippen LogP contribution is -2.13. The van der Waals surface area contributed by atoms with Gasteiger partial charge in [-0.05, 0) is 72.8 Å². The molecule has 0 aliphatic rings. The molecule has 0 fully saturated rings. The molecule has 6 aromatic carbocycles. The van der Waals surface area contributed by atoms with Gasteiger partial charge in [0, 0.05) is 50.8 Å². The Bertz CT molecular complexity index is 2100. The zero-order chi connectivity index (χ0) is 28.6. The van der Waals surface area contributed by atoms with E-state index in [1.54, 1.807) is 0 Å². The third-order valence-corrected chi connectivity index (χ3v) is 7.83. The van der Waals surface area contributed by atoms with Crippen LogP contribution in [0.2, 0.25) is 0 Å². The van der Waals surface area contributed by atoms with Crippen LogP contribution in [-0.4, -0.2) is 4.98 Å². The Kier molecular flexibility index (Phi) is 6.08. The zero-order valence-electron chi connectivity index (χ0n) is 23.3. The first-order valence-corrected chi connectivity index (χ1v) is 14.4. The average Bonchev–Trinajstić information content (AvgIpc) is 3.46. The van der Waals surface area contributed by atoms with E-state index in [2.05, 4.69) is 125 Å². The Hall–Kier alpha value is -5.87. The number of fused-ring (bicyclic) bond motifs is 5. The van der Waals surface area contributed by atoms with Crippen molar-refractivity contribution >= 4 is 67.0 Å². The summed E-state index contributed by atoms with van der Waals surface area (Å²) in [6.07, 6.45) is 1.95. The molecule has 0 aliphatic heterocycles. The van der Waals surface area contributed by atoms with Crippen molar-refractivity contribution in [3.63, 3.8) is 0 Å². The Morgan fingerprint density at radius 3 is 1.44 bits per heavy atom. The molecule has 0 amide bonds. The second-order valence-electron chi connectivity index (χ2n) is 10.5. The molecular formula is C39H27N3O. The number of hydrogen-bond acceptors (Lipinski definition) is 4. The van der Waals surface area contributed by atoms with Crippen LogP contribution in [0.15, 0.2) is 168 Å². The molecule has 43 heavy (non-hydrogen) atoms. The van der Waals surface area contributed by atoms with Gasteiger partial charge in [0.05, 0.1) is 11.2 Å². The van der Waals surface area contributed by atoms with E-state index in [0.717, 1.165) is 67.0 Å². The van der Waals surface area contributed by atoms with Gasteiger partial charge in [-0.3, -0.25) is 4.98 Å². The maximum atomic E-state index is 6.87. The molecule has 0 saturated carbocycles. The Balaban J connectivity index is 1.49. The lowest BCUT2D eigenvalue weighted by Gasteiger charge is -2.29. The molecule has 4 heteroatoms. The number of pyridine rings is 1. The average molecular weight is 554 g/mol. The Morgan fingerprint density at radius 2 is 0.884 bits per heavy atom. The van der Waals surface area contributed by atoms with E-state index in [1.807, 2.05) is 48.7 Å². The van der Waals surface area contributed by atoms with Crippen molar-refractivity contribution in [1.82, 2.24) is 4.98 Å². The smallest absolute Gasteiger partial charge is 0.159 e. The molecule has 0 aliphatic carbocycles. The second kappa shape index (κ2) is 10.5. The SMILES string of the molecule is c1ccc(N(c2ccccc2)c2cc(N(c3ccccc3)c3ccccc3)c3oc4c5ccccc5ncc4c3c2)cc1. The van der Waals surface area contributed by atoms with E-state index >= 15 is 0 Å². The fraction of sp³-hybridized carbons (Fsp3) is 0. The van der Waals surface area contributed by atoms with Crippen molar-refractivity contribution in [3.05, 3.63) is 164 Å². The normalized spacial score (nSPS) is 11.3. The summed E-state index contributed by atoms with van der Waals surface area (Å²) in [5.74, 6) is 0. The molecule has 8 rings (SSSR count). The molecule has 0 N–H and O–H groups in total. The predicted octanol–water partition coefficient (Wildman–Crippen LogP) is 11.1. The minimum Gasteiger partial charge on any atom is -0.453 e. The van der Waals surface area contributed by atoms with E-state index in [-0.39, 0.29) is 0 Å². The second-order valence-corrected chi connectivity index (χ2v) is 10.5. The van der Waals surface area contributed by atoms with Crippen LogP contribution in [-0.2, 0) is 0 Å². The van der Waals surface area contributed by atoms with Gasteiger partial charge in [0.1, 0.15) is 5.58 Å². The van der Waals surface area contributed by atoms with Crippen molar-refractivity contribution in [2.24, 2.45) is 0 Å². The third kappa shape index (κ3) is 4.37. The standard InChI is InChI=1S/C39H27N3O/c1-5-15-28(16-6-1)41(29-17-7-2-8-18-29)32-25-34-35-27-40-36-24-14-13-23-33(36)38(35)43-39(34)37(26-32)42(30-19-9-3-10-20-30)31-21-11-4-12-22-31/h1-27H. The van der Waals surface area contributed by atoms with Crippen molar-refractivity contribution in [2.45, 2.75) is 0 Å². The lowest BCUT2D eigenvalue weighted by atomic mass is 10.1. The van der Waals surface area contributed by atoms with Crippen LogP contribution < -0.4 is 9.80 Å². The van der Waals surface area contributed by atoms with E-state index < -0.39 is 0 Å². The van der Waals surface area contributed by atoms with E-state index in [9.17, 15) is 0 Å². The first kappa shape index (κ1) is 24.9. The largest absolute Gasteiger partial charge is 0.453 e. The van der Waals surface area contributed by atoms with Crippen LogP contribution in [0.25, 0.3) is 32.8 Å². The number of anilines is 6. The molecule has 0 atom stereocenters. The number of rotatable bonds is 6. The maximum absolute atomic E-state index is 6.87. The van der Waals surface area contributed by atoms with Gasteiger partial charge in [0.15, 0.2) is 5.58 Å². The van der Waals surface area contributed by atoms with Crippen molar-refractivity contribution in [2.75, 3.05) is 9.80 Å².